The van der Waals surface area contributed by atoms with Crippen LogP contribution in [-0.2, 0) is 11.3 Å². The first-order chi connectivity index (χ1) is 7.41. The lowest BCUT2D eigenvalue weighted by molar-refractivity contribution is -0.0767. The molecule has 1 aromatic heterocycles. The zero-order chi connectivity index (χ0) is 12.3. The van der Waals surface area contributed by atoms with E-state index in [1.807, 2.05) is 38.5 Å². The van der Waals surface area contributed by atoms with Gasteiger partial charge >= 0.3 is 0 Å². The number of aliphatic hydroxyl groups excluding tert-OH is 1. The predicted octanol–water partition coefficient (Wildman–Crippen LogP) is 2.00. The lowest BCUT2D eigenvalue weighted by Gasteiger charge is -2.32. The van der Waals surface area contributed by atoms with Crippen molar-refractivity contribution in [3.8, 4) is 0 Å². The van der Waals surface area contributed by atoms with E-state index >= 15 is 0 Å². The van der Waals surface area contributed by atoms with E-state index in [9.17, 15) is 5.11 Å². The van der Waals surface area contributed by atoms with Crippen LogP contribution < -0.4 is 0 Å². The molecule has 0 aromatic carbocycles. The molecule has 1 aromatic rings. The van der Waals surface area contributed by atoms with E-state index in [2.05, 4.69) is 4.98 Å². The molecule has 4 nitrogen and oxygen atoms in total. The van der Waals surface area contributed by atoms with Gasteiger partial charge in [0.25, 0.3) is 0 Å². The molecule has 0 fully saturated rings. The van der Waals surface area contributed by atoms with Gasteiger partial charge in [0.15, 0.2) is 0 Å². The Bertz CT molecular complexity index is 328. The van der Waals surface area contributed by atoms with E-state index in [1.165, 1.54) is 0 Å². The number of hydrogen-bond donors (Lipinski definition) is 1. The molecule has 0 saturated carbocycles. The second kappa shape index (κ2) is 4.97. The summed E-state index contributed by atoms with van der Waals surface area (Å²) in [4.78, 5) is 4.20. The topological polar surface area (TPSA) is 47.3 Å². The molecular weight excluding hydrogens is 204 g/mol. The molecule has 1 N–H and O–H groups in total. The first-order valence-corrected chi connectivity index (χ1v) is 5.63. The van der Waals surface area contributed by atoms with Crippen LogP contribution >= 0.6 is 0 Å². The van der Waals surface area contributed by atoms with Crippen molar-refractivity contribution < 1.29 is 9.84 Å². The Kier molecular flexibility index (Phi) is 4.10. The number of hydrogen-bond acceptors (Lipinski definition) is 3. The van der Waals surface area contributed by atoms with Crippen LogP contribution in [0.15, 0.2) is 12.4 Å². The molecule has 0 aliphatic carbocycles. The average molecular weight is 226 g/mol. The minimum absolute atomic E-state index is 0.126. The van der Waals surface area contributed by atoms with E-state index < -0.39 is 6.10 Å². The summed E-state index contributed by atoms with van der Waals surface area (Å²) in [6, 6.07) is 0. The summed E-state index contributed by atoms with van der Waals surface area (Å²) in [6.07, 6.45) is 2.62. The summed E-state index contributed by atoms with van der Waals surface area (Å²) in [7, 11) is 1.62. The van der Waals surface area contributed by atoms with Crippen molar-refractivity contribution in [2.45, 2.75) is 46.4 Å². The fraction of sp³-hybridized carbons (Fsp3) is 0.750. The summed E-state index contributed by atoms with van der Waals surface area (Å²) in [6.45, 7) is 8.96. The van der Waals surface area contributed by atoms with E-state index in [-0.39, 0.29) is 11.5 Å². The molecular formula is C12H22N2O2. The van der Waals surface area contributed by atoms with Crippen molar-refractivity contribution in [1.82, 2.24) is 9.55 Å². The molecule has 0 saturated heterocycles. The Morgan fingerprint density at radius 1 is 1.50 bits per heavy atom. The lowest BCUT2D eigenvalue weighted by Crippen LogP contribution is -2.35. The lowest BCUT2D eigenvalue weighted by atomic mass is 9.85. The molecule has 16 heavy (non-hydrogen) atoms. The fourth-order valence-electron chi connectivity index (χ4n) is 1.95. The van der Waals surface area contributed by atoms with Crippen LogP contribution in [0.3, 0.4) is 0 Å². The maximum absolute atomic E-state index is 10.3. The van der Waals surface area contributed by atoms with Gasteiger partial charge < -0.3 is 14.4 Å². The average Bonchev–Trinajstić information content (AvgIpc) is 2.63. The Labute approximate surface area is 97.3 Å². The summed E-state index contributed by atoms with van der Waals surface area (Å²) in [5.74, 6) is 0.671. The summed E-state index contributed by atoms with van der Waals surface area (Å²) in [5, 5.41) is 10.3. The highest BCUT2D eigenvalue weighted by molar-refractivity contribution is 5.01. The van der Waals surface area contributed by atoms with Crippen molar-refractivity contribution in [3.63, 3.8) is 0 Å². The minimum Gasteiger partial charge on any atom is -0.382 e. The molecule has 1 rings (SSSR count). The Morgan fingerprint density at radius 3 is 2.56 bits per heavy atom. The maximum Gasteiger partial charge on any atom is 0.140 e. The van der Waals surface area contributed by atoms with Gasteiger partial charge in [-0.2, -0.15) is 0 Å². The van der Waals surface area contributed by atoms with Crippen molar-refractivity contribution >= 4 is 0 Å². The Morgan fingerprint density at radius 2 is 2.12 bits per heavy atom. The highest BCUT2D eigenvalue weighted by atomic mass is 16.5. The van der Waals surface area contributed by atoms with Gasteiger partial charge in [-0.25, -0.2) is 4.98 Å². The molecule has 0 bridgehead atoms. The molecule has 2 atom stereocenters. The third-order valence-corrected chi connectivity index (χ3v) is 2.75. The van der Waals surface area contributed by atoms with Crippen LogP contribution in [0.5, 0.6) is 0 Å². The molecule has 0 radical (unpaired) electrons. The monoisotopic (exact) mass is 226 g/mol. The summed E-state index contributed by atoms with van der Waals surface area (Å²) >= 11 is 0. The first kappa shape index (κ1) is 13.2. The number of rotatable bonds is 4. The second-order valence-electron chi connectivity index (χ2n) is 5.04. The minimum atomic E-state index is -0.694. The molecule has 0 aliphatic heterocycles. The van der Waals surface area contributed by atoms with Gasteiger partial charge in [-0.1, -0.05) is 20.8 Å². The molecule has 0 amide bonds. The normalized spacial score (nSPS) is 16.1. The number of aryl methyl sites for hydroxylation is 1. The van der Waals surface area contributed by atoms with E-state index in [1.54, 1.807) is 13.3 Å². The third kappa shape index (κ3) is 2.62. The number of aliphatic hydroxyl groups is 1. The summed E-state index contributed by atoms with van der Waals surface area (Å²) < 4.78 is 7.33. The van der Waals surface area contributed by atoms with Crippen LogP contribution in [0.1, 0.15) is 39.6 Å². The predicted molar refractivity (Wildman–Crippen MR) is 63.1 cm³/mol. The van der Waals surface area contributed by atoms with E-state index in [0.717, 1.165) is 6.54 Å². The third-order valence-electron chi connectivity index (χ3n) is 2.75. The number of ether oxygens (including phenoxy) is 1. The molecule has 2 unspecified atom stereocenters. The SMILES string of the molecule is CCn1ccnc1C(O)C(OC)C(C)(C)C. The fourth-order valence-corrected chi connectivity index (χ4v) is 1.95. The molecule has 0 aliphatic rings. The van der Waals surface area contributed by atoms with Crippen LogP contribution in [0.4, 0.5) is 0 Å². The van der Waals surface area contributed by atoms with Crippen molar-refractivity contribution in [2.24, 2.45) is 5.41 Å². The van der Waals surface area contributed by atoms with Gasteiger partial charge in [0, 0.05) is 26.0 Å². The standard InChI is InChI=1S/C12H22N2O2/c1-6-14-8-7-13-11(14)9(15)10(16-5)12(2,3)4/h7-10,15H,6H2,1-5H3. The van der Waals surface area contributed by atoms with Gasteiger partial charge in [0.05, 0.1) is 6.10 Å². The number of methoxy groups -OCH3 is 1. The maximum atomic E-state index is 10.3. The van der Waals surface area contributed by atoms with E-state index in [0.29, 0.717) is 5.82 Å². The molecule has 1 heterocycles. The van der Waals surface area contributed by atoms with Crippen molar-refractivity contribution in [1.29, 1.82) is 0 Å². The smallest absolute Gasteiger partial charge is 0.140 e. The second-order valence-corrected chi connectivity index (χ2v) is 5.04. The number of imidazole rings is 1. The molecule has 0 spiro atoms. The number of nitrogens with zero attached hydrogens (tertiary/aromatic N) is 2. The highest BCUT2D eigenvalue weighted by Gasteiger charge is 2.34. The van der Waals surface area contributed by atoms with E-state index in [4.69, 9.17) is 4.74 Å². The van der Waals surface area contributed by atoms with Gasteiger partial charge in [-0.15, -0.1) is 0 Å². The Hall–Kier alpha value is -0.870. The number of aromatic nitrogens is 2. The van der Waals surface area contributed by atoms with Gasteiger partial charge in [-0.05, 0) is 12.3 Å². The zero-order valence-electron chi connectivity index (χ0n) is 10.8. The van der Waals surface area contributed by atoms with Crippen molar-refractivity contribution in [2.75, 3.05) is 7.11 Å². The van der Waals surface area contributed by atoms with Gasteiger partial charge in [0.2, 0.25) is 0 Å². The van der Waals surface area contributed by atoms with Crippen LogP contribution in [0, 0.1) is 5.41 Å². The van der Waals surface area contributed by atoms with Crippen LogP contribution in [0.2, 0.25) is 0 Å². The van der Waals surface area contributed by atoms with Crippen LogP contribution in [-0.4, -0.2) is 27.9 Å². The van der Waals surface area contributed by atoms with Gasteiger partial charge in [-0.3, -0.25) is 0 Å². The largest absolute Gasteiger partial charge is 0.382 e. The van der Waals surface area contributed by atoms with Gasteiger partial charge in [0.1, 0.15) is 11.9 Å². The molecule has 92 valence electrons. The van der Waals surface area contributed by atoms with Crippen LogP contribution in [0.25, 0.3) is 0 Å². The quantitative estimate of drug-likeness (QED) is 0.854. The highest BCUT2D eigenvalue weighted by Crippen LogP contribution is 2.31. The first-order valence-electron chi connectivity index (χ1n) is 5.63. The molecule has 4 heteroatoms. The van der Waals surface area contributed by atoms with Crippen molar-refractivity contribution in [3.05, 3.63) is 18.2 Å². The summed E-state index contributed by atoms with van der Waals surface area (Å²) in [5.41, 5.74) is -0.126. The zero-order valence-corrected chi connectivity index (χ0v) is 10.8. The Balaban J connectivity index is 2.95.